The van der Waals surface area contributed by atoms with Crippen molar-refractivity contribution >= 4 is 35.2 Å². The first-order valence-corrected chi connectivity index (χ1v) is 12.0. The summed E-state index contributed by atoms with van der Waals surface area (Å²) in [5.74, 6) is -2.53. The van der Waals surface area contributed by atoms with Gasteiger partial charge in [-0.05, 0) is 50.2 Å². The minimum absolute atomic E-state index is 0.0856. The van der Waals surface area contributed by atoms with E-state index in [9.17, 15) is 28.8 Å². The third-order valence-electron chi connectivity index (χ3n) is 5.79. The van der Waals surface area contributed by atoms with Crippen molar-refractivity contribution in [1.82, 2.24) is 21.3 Å². The van der Waals surface area contributed by atoms with E-state index in [-0.39, 0.29) is 71.4 Å². The molecule has 38 heavy (non-hydrogen) atoms. The van der Waals surface area contributed by atoms with E-state index >= 15 is 0 Å². The number of fused-ring (bicyclic) bond motifs is 2. The Morgan fingerprint density at radius 1 is 0.605 bits per heavy atom. The van der Waals surface area contributed by atoms with Crippen LogP contribution in [0.1, 0.15) is 66.4 Å². The van der Waals surface area contributed by atoms with Crippen molar-refractivity contribution in [2.45, 2.75) is 25.9 Å². The van der Waals surface area contributed by atoms with Crippen molar-refractivity contribution in [2.75, 3.05) is 26.2 Å². The summed E-state index contributed by atoms with van der Waals surface area (Å²) < 4.78 is 0. The van der Waals surface area contributed by atoms with E-state index in [1.54, 1.807) is 13.8 Å². The summed E-state index contributed by atoms with van der Waals surface area (Å²) >= 11 is 0. The molecule has 0 spiro atoms. The van der Waals surface area contributed by atoms with Gasteiger partial charge >= 0.3 is 0 Å². The van der Waals surface area contributed by atoms with Crippen LogP contribution in [0.4, 0.5) is 0 Å². The number of nitrogens with two attached hydrogens (primary N) is 2. The summed E-state index contributed by atoms with van der Waals surface area (Å²) in [5.41, 5.74) is 11.7. The normalized spacial score (nSPS) is 13.5. The Balaban J connectivity index is 1.67. The first-order valence-electron chi connectivity index (χ1n) is 12.0. The molecule has 4 amide bonds. The molecule has 1 aliphatic carbocycles. The van der Waals surface area contributed by atoms with E-state index in [1.807, 2.05) is 0 Å². The van der Waals surface area contributed by atoms with Crippen LogP contribution in [0, 0.1) is 0 Å². The zero-order valence-corrected chi connectivity index (χ0v) is 21.1. The van der Waals surface area contributed by atoms with Crippen LogP contribution >= 0.6 is 0 Å². The summed E-state index contributed by atoms with van der Waals surface area (Å²) in [6, 6.07) is 7.04. The highest BCUT2D eigenvalue weighted by atomic mass is 16.2. The van der Waals surface area contributed by atoms with Crippen LogP contribution in [0.2, 0.25) is 0 Å². The molecule has 2 atom stereocenters. The van der Waals surface area contributed by atoms with Crippen LogP contribution in [0.15, 0.2) is 36.4 Å². The van der Waals surface area contributed by atoms with E-state index in [0.29, 0.717) is 0 Å². The molecule has 0 saturated heterocycles. The average molecular weight is 523 g/mol. The Morgan fingerprint density at radius 3 is 1.29 bits per heavy atom. The van der Waals surface area contributed by atoms with Crippen LogP contribution in [0.5, 0.6) is 0 Å². The lowest BCUT2D eigenvalue weighted by Crippen LogP contribution is -2.42. The van der Waals surface area contributed by atoms with Crippen molar-refractivity contribution < 1.29 is 28.8 Å². The fraction of sp³-hybridized carbons (Fsp3) is 0.308. The van der Waals surface area contributed by atoms with E-state index in [0.717, 1.165) is 0 Å². The van der Waals surface area contributed by atoms with Crippen molar-refractivity contribution in [3.63, 3.8) is 0 Å². The zero-order chi connectivity index (χ0) is 28.0. The highest BCUT2D eigenvalue weighted by Gasteiger charge is 2.31. The minimum Gasteiger partial charge on any atom is -0.353 e. The van der Waals surface area contributed by atoms with Crippen molar-refractivity contribution in [1.29, 1.82) is 0 Å². The third kappa shape index (κ3) is 6.47. The van der Waals surface area contributed by atoms with Gasteiger partial charge < -0.3 is 32.7 Å². The molecule has 12 nitrogen and oxygen atoms in total. The highest BCUT2D eigenvalue weighted by Crippen LogP contribution is 2.29. The van der Waals surface area contributed by atoms with E-state index in [4.69, 9.17) is 11.5 Å². The molecule has 0 aromatic heterocycles. The quantitative estimate of drug-likeness (QED) is 0.179. The molecule has 0 bridgehead atoms. The fourth-order valence-electron chi connectivity index (χ4n) is 3.68. The maximum Gasteiger partial charge on any atom is 0.251 e. The lowest BCUT2D eigenvalue weighted by molar-refractivity contribution is -0.122. The Bertz CT molecular complexity index is 1200. The summed E-state index contributed by atoms with van der Waals surface area (Å²) in [6.45, 7) is 3.74. The molecule has 0 heterocycles. The van der Waals surface area contributed by atoms with Gasteiger partial charge in [-0.25, -0.2) is 0 Å². The second kappa shape index (κ2) is 12.2. The first-order chi connectivity index (χ1) is 18.0. The lowest BCUT2D eigenvalue weighted by atomic mass is 9.82. The maximum atomic E-state index is 13.1. The van der Waals surface area contributed by atoms with Gasteiger partial charge in [-0.15, -0.1) is 0 Å². The molecule has 2 aromatic carbocycles. The molecular weight excluding hydrogens is 492 g/mol. The lowest BCUT2D eigenvalue weighted by Gasteiger charge is -2.19. The molecule has 8 N–H and O–H groups in total. The standard InChI is InChI=1S/C26H30N6O6/c1-13(27)23(35)29-7-9-31-25(37)15-3-5-17-19(11-15)21(33)18-6-4-16(12-20(18)22(17)34)26(38)32-10-8-30-24(36)14(2)28/h3-6,11-14H,7-10,27-28H2,1-2H3,(H,29,35)(H,30,36)(H,31,37)(H,32,38)/t13-,14-/m0/s1. The Labute approximate surface area is 218 Å². The second-order valence-corrected chi connectivity index (χ2v) is 8.85. The number of amides is 4. The van der Waals surface area contributed by atoms with Crippen LogP contribution in [-0.2, 0) is 9.59 Å². The van der Waals surface area contributed by atoms with Gasteiger partial charge in [0.25, 0.3) is 11.8 Å². The average Bonchev–Trinajstić information content (AvgIpc) is 2.90. The number of ketones is 2. The summed E-state index contributed by atoms with van der Waals surface area (Å²) in [6.07, 6.45) is 0. The highest BCUT2D eigenvalue weighted by molar-refractivity contribution is 6.29. The molecule has 0 radical (unpaired) electrons. The number of benzene rings is 2. The maximum absolute atomic E-state index is 13.1. The van der Waals surface area contributed by atoms with Crippen molar-refractivity contribution in [3.05, 3.63) is 69.8 Å². The number of hydrogen-bond donors (Lipinski definition) is 6. The Morgan fingerprint density at radius 2 is 0.947 bits per heavy atom. The topological polar surface area (TPSA) is 203 Å². The van der Waals surface area contributed by atoms with Gasteiger partial charge in [-0.1, -0.05) is 0 Å². The predicted octanol–water partition coefficient (Wildman–Crippen LogP) is -1.15. The number of rotatable bonds is 10. The number of carbonyl (C=O) groups is 6. The smallest absolute Gasteiger partial charge is 0.251 e. The summed E-state index contributed by atoms with van der Waals surface area (Å²) in [4.78, 5) is 74.3. The molecule has 0 unspecified atom stereocenters. The van der Waals surface area contributed by atoms with Gasteiger partial charge in [0.1, 0.15) is 0 Å². The fourth-order valence-corrected chi connectivity index (χ4v) is 3.68. The predicted molar refractivity (Wildman–Crippen MR) is 138 cm³/mol. The number of nitrogens with one attached hydrogen (secondary N) is 4. The minimum atomic E-state index is -0.664. The van der Waals surface area contributed by atoms with Crippen LogP contribution < -0.4 is 32.7 Å². The molecule has 0 aliphatic heterocycles. The van der Waals surface area contributed by atoms with E-state index < -0.39 is 35.5 Å². The molecule has 0 fully saturated rings. The van der Waals surface area contributed by atoms with Crippen LogP contribution in [0.3, 0.4) is 0 Å². The van der Waals surface area contributed by atoms with Gasteiger partial charge in [-0.3, -0.25) is 28.8 Å². The number of hydrogen-bond acceptors (Lipinski definition) is 8. The van der Waals surface area contributed by atoms with Crippen LogP contribution in [0.25, 0.3) is 0 Å². The SMILES string of the molecule is C[C@H](N)C(=O)NCCNC(=O)c1ccc2c(c1)C(=O)c1ccc(C(=O)NCCNC(=O)[C@H](C)N)cc1C2=O. The molecule has 0 saturated carbocycles. The van der Waals surface area contributed by atoms with Gasteiger partial charge in [-0.2, -0.15) is 0 Å². The summed E-state index contributed by atoms with van der Waals surface area (Å²) in [5, 5.41) is 10.4. The van der Waals surface area contributed by atoms with E-state index in [1.165, 1.54) is 36.4 Å². The molecular formula is C26H30N6O6. The zero-order valence-electron chi connectivity index (χ0n) is 21.1. The first kappa shape index (κ1) is 28.2. The summed E-state index contributed by atoms with van der Waals surface area (Å²) in [7, 11) is 0. The molecule has 200 valence electrons. The number of carbonyl (C=O) groups excluding carboxylic acids is 6. The molecule has 3 rings (SSSR count). The van der Waals surface area contributed by atoms with Gasteiger partial charge in [0.2, 0.25) is 11.8 Å². The molecule has 1 aliphatic rings. The Hall–Kier alpha value is -4.42. The monoisotopic (exact) mass is 522 g/mol. The molecule has 12 heteroatoms. The second-order valence-electron chi connectivity index (χ2n) is 8.85. The third-order valence-corrected chi connectivity index (χ3v) is 5.79. The van der Waals surface area contributed by atoms with Crippen molar-refractivity contribution in [3.8, 4) is 0 Å². The largest absolute Gasteiger partial charge is 0.353 e. The van der Waals surface area contributed by atoms with Gasteiger partial charge in [0, 0.05) is 59.6 Å². The van der Waals surface area contributed by atoms with Crippen molar-refractivity contribution in [2.24, 2.45) is 11.5 Å². The van der Waals surface area contributed by atoms with Crippen LogP contribution in [-0.4, -0.2) is 73.5 Å². The Kier molecular flexibility index (Phi) is 9.05. The van der Waals surface area contributed by atoms with E-state index in [2.05, 4.69) is 21.3 Å². The van der Waals surface area contributed by atoms with Gasteiger partial charge in [0.05, 0.1) is 12.1 Å². The molecule has 2 aromatic rings. The van der Waals surface area contributed by atoms with Gasteiger partial charge in [0.15, 0.2) is 11.6 Å².